The molecular formula is C23H28N4O2. The van der Waals surface area contributed by atoms with E-state index in [4.69, 9.17) is 10.1 Å². The number of benzene rings is 1. The highest BCUT2D eigenvalue weighted by Gasteiger charge is 2.30. The van der Waals surface area contributed by atoms with E-state index in [1.54, 1.807) is 0 Å². The molecule has 0 bridgehead atoms. The summed E-state index contributed by atoms with van der Waals surface area (Å²) in [4.78, 5) is 19.3. The Bertz CT molecular complexity index is 887. The number of rotatable bonds is 6. The zero-order chi connectivity index (χ0) is 20.2. The van der Waals surface area contributed by atoms with Gasteiger partial charge in [-0.25, -0.2) is 9.78 Å². The Kier molecular flexibility index (Phi) is 5.79. The zero-order valence-electron chi connectivity index (χ0n) is 16.9. The molecule has 2 N–H and O–H groups in total. The Morgan fingerprint density at radius 2 is 1.86 bits per heavy atom. The number of nitrogens with zero attached hydrogens (tertiary/aromatic N) is 2. The van der Waals surface area contributed by atoms with Gasteiger partial charge >= 0.3 is 5.97 Å². The summed E-state index contributed by atoms with van der Waals surface area (Å²) in [5, 5.41) is 12.3. The van der Waals surface area contributed by atoms with Crippen molar-refractivity contribution >= 4 is 28.9 Å². The van der Waals surface area contributed by atoms with Crippen LogP contribution in [0.3, 0.4) is 0 Å². The molecule has 1 aromatic heterocycles. The maximum absolute atomic E-state index is 12.4. The van der Waals surface area contributed by atoms with Gasteiger partial charge < -0.3 is 20.4 Å². The molecule has 1 saturated heterocycles. The second-order valence-corrected chi connectivity index (χ2v) is 7.82. The van der Waals surface area contributed by atoms with Crippen LogP contribution in [-0.2, 0) is 4.74 Å². The fourth-order valence-corrected chi connectivity index (χ4v) is 4.04. The van der Waals surface area contributed by atoms with Crippen molar-refractivity contribution in [1.82, 2.24) is 4.98 Å². The summed E-state index contributed by atoms with van der Waals surface area (Å²) in [6.07, 6.45) is 6.71. The highest BCUT2D eigenvalue weighted by atomic mass is 16.5. The Morgan fingerprint density at radius 1 is 1.14 bits per heavy atom. The van der Waals surface area contributed by atoms with E-state index in [1.807, 2.05) is 36.4 Å². The highest BCUT2D eigenvalue weighted by Crippen LogP contribution is 2.38. The van der Waals surface area contributed by atoms with E-state index >= 15 is 0 Å². The number of hydrogen-bond donors (Lipinski definition) is 2. The molecule has 2 aromatic rings. The lowest BCUT2D eigenvalue weighted by atomic mass is 9.79. The van der Waals surface area contributed by atoms with E-state index in [9.17, 15) is 4.79 Å². The van der Waals surface area contributed by atoms with E-state index < -0.39 is 5.97 Å². The molecule has 29 heavy (non-hydrogen) atoms. The molecular weight excluding hydrogens is 364 g/mol. The number of pyridine rings is 1. The summed E-state index contributed by atoms with van der Waals surface area (Å²) in [6, 6.07) is 11.6. The maximum Gasteiger partial charge on any atom is 0.356 e. The minimum Gasteiger partial charge on any atom is -0.464 e. The average Bonchev–Trinajstić information content (AvgIpc) is 2.72. The lowest BCUT2D eigenvalue weighted by Gasteiger charge is -2.34. The SMILES string of the molecule is COC(=O)c1cc(N2CCCCC2)c(C(=N)C2CCC2)c(Nc2ccccc2)n1. The van der Waals surface area contributed by atoms with Crippen LogP contribution in [-0.4, -0.2) is 36.9 Å². The fourth-order valence-electron chi connectivity index (χ4n) is 4.04. The third-order valence-electron chi connectivity index (χ3n) is 5.91. The fraction of sp³-hybridized carbons (Fsp3) is 0.435. The highest BCUT2D eigenvalue weighted by molar-refractivity contribution is 6.10. The predicted molar refractivity (Wildman–Crippen MR) is 116 cm³/mol. The van der Waals surface area contributed by atoms with Gasteiger partial charge in [-0.15, -0.1) is 0 Å². The molecule has 1 aliphatic heterocycles. The second-order valence-electron chi connectivity index (χ2n) is 7.82. The summed E-state index contributed by atoms with van der Waals surface area (Å²) in [7, 11) is 1.37. The lowest BCUT2D eigenvalue weighted by molar-refractivity contribution is 0.0594. The van der Waals surface area contributed by atoms with Gasteiger partial charge in [0.25, 0.3) is 0 Å². The van der Waals surface area contributed by atoms with Gasteiger partial charge in [-0.3, -0.25) is 0 Å². The summed E-state index contributed by atoms with van der Waals surface area (Å²) in [5.41, 5.74) is 3.54. The molecule has 1 saturated carbocycles. The predicted octanol–water partition coefficient (Wildman–Crippen LogP) is 4.77. The number of methoxy groups -OCH3 is 1. The molecule has 2 fully saturated rings. The van der Waals surface area contributed by atoms with Crippen molar-refractivity contribution in [2.24, 2.45) is 5.92 Å². The van der Waals surface area contributed by atoms with Crippen LogP contribution in [0.4, 0.5) is 17.2 Å². The van der Waals surface area contributed by atoms with Gasteiger partial charge in [-0.05, 0) is 50.3 Å². The average molecular weight is 393 g/mol. The smallest absolute Gasteiger partial charge is 0.356 e. The van der Waals surface area contributed by atoms with Crippen LogP contribution in [0.1, 0.15) is 54.6 Å². The van der Waals surface area contributed by atoms with Gasteiger partial charge in [0, 0.05) is 30.4 Å². The number of anilines is 3. The zero-order valence-corrected chi connectivity index (χ0v) is 16.9. The lowest BCUT2D eigenvalue weighted by Crippen LogP contribution is -2.33. The molecule has 0 radical (unpaired) electrons. The van der Waals surface area contributed by atoms with Crippen molar-refractivity contribution in [1.29, 1.82) is 5.41 Å². The number of para-hydroxylation sites is 1. The molecule has 4 rings (SSSR count). The van der Waals surface area contributed by atoms with Crippen LogP contribution < -0.4 is 10.2 Å². The number of ether oxygens (including phenoxy) is 1. The van der Waals surface area contributed by atoms with Gasteiger partial charge in [0.05, 0.1) is 18.4 Å². The van der Waals surface area contributed by atoms with Crippen LogP contribution >= 0.6 is 0 Å². The Balaban J connectivity index is 1.84. The molecule has 1 aliphatic carbocycles. The third-order valence-corrected chi connectivity index (χ3v) is 5.91. The van der Waals surface area contributed by atoms with Crippen LogP contribution in [0.2, 0.25) is 0 Å². The van der Waals surface area contributed by atoms with Crippen molar-refractivity contribution < 1.29 is 9.53 Å². The quantitative estimate of drug-likeness (QED) is 0.547. The van der Waals surface area contributed by atoms with E-state index in [0.717, 1.165) is 55.7 Å². The van der Waals surface area contributed by atoms with Crippen LogP contribution in [0.25, 0.3) is 0 Å². The molecule has 6 heteroatoms. The topological polar surface area (TPSA) is 78.3 Å². The normalized spacial score (nSPS) is 16.8. The number of nitrogens with one attached hydrogen (secondary N) is 2. The Hall–Kier alpha value is -2.89. The monoisotopic (exact) mass is 392 g/mol. The number of carbonyl (C=O) groups is 1. The van der Waals surface area contributed by atoms with Crippen LogP contribution in [0, 0.1) is 11.3 Å². The minimum absolute atomic E-state index is 0.264. The second kappa shape index (κ2) is 8.64. The first-order valence-electron chi connectivity index (χ1n) is 10.5. The van der Waals surface area contributed by atoms with E-state index in [2.05, 4.69) is 15.2 Å². The van der Waals surface area contributed by atoms with Gasteiger partial charge in [-0.1, -0.05) is 24.6 Å². The molecule has 1 aromatic carbocycles. The van der Waals surface area contributed by atoms with E-state index in [-0.39, 0.29) is 11.6 Å². The third kappa shape index (κ3) is 4.11. The summed E-state index contributed by atoms with van der Waals surface area (Å²) >= 11 is 0. The molecule has 152 valence electrons. The molecule has 2 heterocycles. The van der Waals surface area contributed by atoms with Gasteiger partial charge in [0.1, 0.15) is 5.82 Å². The first-order chi connectivity index (χ1) is 14.2. The van der Waals surface area contributed by atoms with Crippen molar-refractivity contribution in [3.05, 3.63) is 47.7 Å². The number of hydrogen-bond acceptors (Lipinski definition) is 6. The number of aromatic nitrogens is 1. The van der Waals surface area contributed by atoms with Crippen molar-refractivity contribution in [2.45, 2.75) is 38.5 Å². The summed E-state index contributed by atoms with van der Waals surface area (Å²) in [6.45, 7) is 1.86. The minimum atomic E-state index is -0.457. The van der Waals surface area contributed by atoms with Crippen LogP contribution in [0.5, 0.6) is 0 Å². The molecule has 0 unspecified atom stereocenters. The number of esters is 1. The molecule has 0 amide bonds. The van der Waals surface area contributed by atoms with E-state index in [1.165, 1.54) is 20.0 Å². The Labute approximate surface area is 171 Å². The first kappa shape index (κ1) is 19.4. The number of carbonyl (C=O) groups excluding carboxylic acids is 1. The van der Waals surface area contributed by atoms with Crippen molar-refractivity contribution in [3.63, 3.8) is 0 Å². The van der Waals surface area contributed by atoms with Crippen molar-refractivity contribution in [3.8, 4) is 0 Å². The van der Waals surface area contributed by atoms with Crippen LogP contribution in [0.15, 0.2) is 36.4 Å². The van der Waals surface area contributed by atoms with Gasteiger partial charge in [-0.2, -0.15) is 0 Å². The molecule has 2 aliphatic rings. The number of piperidine rings is 1. The molecule has 0 atom stereocenters. The van der Waals surface area contributed by atoms with Gasteiger partial charge in [0.15, 0.2) is 5.69 Å². The largest absolute Gasteiger partial charge is 0.464 e. The standard InChI is InChI=1S/C23H28N4O2/c1-29-23(28)18-15-19(27-13-6-3-7-14-27)20(21(24)16-9-8-10-16)22(26-18)25-17-11-4-2-5-12-17/h2,4-5,11-12,15-16,24H,3,6-10,13-14H2,1H3,(H,25,26). The first-order valence-corrected chi connectivity index (χ1v) is 10.5. The van der Waals surface area contributed by atoms with Crippen molar-refractivity contribution in [2.75, 3.05) is 30.4 Å². The molecule has 6 nitrogen and oxygen atoms in total. The summed E-state index contributed by atoms with van der Waals surface area (Å²) in [5.74, 6) is 0.373. The molecule has 0 spiro atoms. The summed E-state index contributed by atoms with van der Waals surface area (Å²) < 4.78 is 4.96. The van der Waals surface area contributed by atoms with Gasteiger partial charge in [0.2, 0.25) is 0 Å². The maximum atomic E-state index is 12.4. The van der Waals surface area contributed by atoms with E-state index in [0.29, 0.717) is 11.5 Å². The Morgan fingerprint density at radius 3 is 2.48 bits per heavy atom.